The lowest BCUT2D eigenvalue weighted by Gasteiger charge is -2.26. The van der Waals surface area contributed by atoms with Crippen molar-refractivity contribution in [3.63, 3.8) is 0 Å². The van der Waals surface area contributed by atoms with E-state index in [4.69, 9.17) is 9.84 Å². The Morgan fingerprint density at radius 1 is 1.60 bits per heavy atom. The van der Waals surface area contributed by atoms with E-state index in [0.29, 0.717) is 13.0 Å². The number of thiazole rings is 1. The summed E-state index contributed by atoms with van der Waals surface area (Å²) in [6.45, 7) is 0.881. The molecule has 2 amide bonds. The number of urea groups is 1. The molecule has 0 bridgehead atoms. The molecule has 110 valence electrons. The van der Waals surface area contributed by atoms with E-state index in [9.17, 15) is 9.59 Å². The SMILES string of the molecule is CN(C(=O)NCCc1nccs1)C1COCC1C(=O)O. The number of nitrogens with one attached hydrogen (secondary N) is 1. The summed E-state index contributed by atoms with van der Waals surface area (Å²) in [6, 6.07) is -0.712. The number of carbonyl (C=O) groups excluding carboxylic acids is 1. The van der Waals surface area contributed by atoms with Gasteiger partial charge in [0.25, 0.3) is 0 Å². The molecule has 0 saturated carbocycles. The molecule has 0 aromatic carbocycles. The first-order valence-electron chi connectivity index (χ1n) is 6.29. The van der Waals surface area contributed by atoms with Crippen LogP contribution in [0.3, 0.4) is 0 Å². The van der Waals surface area contributed by atoms with Gasteiger partial charge in [0, 0.05) is 31.6 Å². The minimum atomic E-state index is -0.935. The Kier molecular flexibility index (Phi) is 4.91. The zero-order chi connectivity index (χ0) is 14.5. The first kappa shape index (κ1) is 14.7. The van der Waals surface area contributed by atoms with Gasteiger partial charge in [-0.25, -0.2) is 9.78 Å². The van der Waals surface area contributed by atoms with Gasteiger partial charge in [0.1, 0.15) is 5.92 Å². The van der Waals surface area contributed by atoms with E-state index in [1.165, 1.54) is 16.2 Å². The third kappa shape index (κ3) is 3.45. The number of aliphatic carboxylic acids is 1. The number of amides is 2. The lowest BCUT2D eigenvalue weighted by molar-refractivity contribution is -0.142. The van der Waals surface area contributed by atoms with Crippen LogP contribution >= 0.6 is 11.3 Å². The van der Waals surface area contributed by atoms with E-state index in [0.717, 1.165) is 5.01 Å². The molecule has 1 aromatic heterocycles. The fourth-order valence-corrected chi connectivity index (χ4v) is 2.71. The summed E-state index contributed by atoms with van der Waals surface area (Å²) in [7, 11) is 1.59. The van der Waals surface area contributed by atoms with E-state index in [2.05, 4.69) is 10.3 Å². The normalized spacial score (nSPS) is 21.6. The second-order valence-electron chi connectivity index (χ2n) is 4.57. The molecule has 2 rings (SSSR count). The Morgan fingerprint density at radius 3 is 3.05 bits per heavy atom. The minimum Gasteiger partial charge on any atom is -0.481 e. The lowest BCUT2D eigenvalue weighted by atomic mass is 10.0. The highest BCUT2D eigenvalue weighted by molar-refractivity contribution is 7.09. The van der Waals surface area contributed by atoms with Gasteiger partial charge < -0.3 is 20.1 Å². The van der Waals surface area contributed by atoms with Crippen molar-refractivity contribution in [3.8, 4) is 0 Å². The molecule has 2 atom stereocenters. The highest BCUT2D eigenvalue weighted by atomic mass is 32.1. The third-order valence-corrected chi connectivity index (χ3v) is 4.12. The van der Waals surface area contributed by atoms with Crippen molar-refractivity contribution in [1.29, 1.82) is 0 Å². The van der Waals surface area contributed by atoms with E-state index < -0.39 is 17.9 Å². The van der Waals surface area contributed by atoms with Crippen LogP contribution in [-0.4, -0.2) is 59.8 Å². The van der Waals surface area contributed by atoms with Gasteiger partial charge in [-0.15, -0.1) is 11.3 Å². The van der Waals surface area contributed by atoms with Crippen LogP contribution in [-0.2, 0) is 16.0 Å². The van der Waals surface area contributed by atoms with Gasteiger partial charge in [-0.05, 0) is 0 Å². The van der Waals surface area contributed by atoms with Crippen LogP contribution < -0.4 is 5.32 Å². The number of ether oxygens (including phenoxy) is 1. The van der Waals surface area contributed by atoms with Crippen LogP contribution in [0, 0.1) is 5.92 Å². The van der Waals surface area contributed by atoms with E-state index in [1.807, 2.05) is 5.38 Å². The van der Waals surface area contributed by atoms with Crippen LogP contribution in [0.2, 0.25) is 0 Å². The summed E-state index contributed by atoms with van der Waals surface area (Å²) in [5, 5.41) is 14.7. The zero-order valence-corrected chi connectivity index (χ0v) is 11.9. The third-order valence-electron chi connectivity index (χ3n) is 3.28. The Hall–Kier alpha value is -1.67. The molecule has 0 spiro atoms. The summed E-state index contributed by atoms with van der Waals surface area (Å²) in [5.74, 6) is -1.60. The van der Waals surface area contributed by atoms with Crippen molar-refractivity contribution in [1.82, 2.24) is 15.2 Å². The highest BCUT2D eigenvalue weighted by Crippen LogP contribution is 2.18. The Morgan fingerprint density at radius 2 is 2.40 bits per heavy atom. The highest BCUT2D eigenvalue weighted by Gasteiger charge is 2.38. The molecule has 0 radical (unpaired) electrons. The molecule has 2 unspecified atom stereocenters. The maximum Gasteiger partial charge on any atom is 0.317 e. The van der Waals surface area contributed by atoms with E-state index in [-0.39, 0.29) is 19.2 Å². The molecular formula is C12H17N3O4S. The number of aromatic nitrogens is 1. The molecule has 0 aliphatic carbocycles. The van der Waals surface area contributed by atoms with Gasteiger partial charge in [0.15, 0.2) is 0 Å². The minimum absolute atomic E-state index is 0.150. The summed E-state index contributed by atoms with van der Waals surface area (Å²) in [5.41, 5.74) is 0. The molecule has 1 aromatic rings. The molecule has 1 aliphatic heterocycles. The number of hydrogen-bond donors (Lipinski definition) is 2. The van der Waals surface area contributed by atoms with Crippen LogP contribution in [0.5, 0.6) is 0 Å². The van der Waals surface area contributed by atoms with Gasteiger partial charge >= 0.3 is 12.0 Å². The maximum atomic E-state index is 12.0. The van der Waals surface area contributed by atoms with Gasteiger partial charge in [0.05, 0.1) is 24.3 Å². The average molecular weight is 299 g/mol. The van der Waals surface area contributed by atoms with Crippen LogP contribution in [0.1, 0.15) is 5.01 Å². The first-order chi connectivity index (χ1) is 9.59. The van der Waals surface area contributed by atoms with E-state index in [1.54, 1.807) is 13.2 Å². The molecule has 8 heteroatoms. The predicted molar refractivity (Wildman–Crippen MR) is 72.7 cm³/mol. The fourth-order valence-electron chi connectivity index (χ4n) is 2.09. The van der Waals surface area contributed by atoms with E-state index >= 15 is 0 Å². The van der Waals surface area contributed by atoms with Crippen molar-refractivity contribution in [3.05, 3.63) is 16.6 Å². The largest absolute Gasteiger partial charge is 0.481 e. The topological polar surface area (TPSA) is 91.8 Å². The molecule has 20 heavy (non-hydrogen) atoms. The second kappa shape index (κ2) is 6.67. The number of likely N-dealkylation sites (N-methyl/N-ethyl adjacent to an activating group) is 1. The Bertz CT molecular complexity index is 465. The van der Waals surface area contributed by atoms with Crippen LogP contribution in [0.15, 0.2) is 11.6 Å². The van der Waals surface area contributed by atoms with Crippen molar-refractivity contribution in [2.45, 2.75) is 12.5 Å². The van der Waals surface area contributed by atoms with Gasteiger partial charge in [-0.2, -0.15) is 0 Å². The summed E-state index contributed by atoms with van der Waals surface area (Å²) < 4.78 is 5.15. The maximum absolute atomic E-state index is 12.0. The summed E-state index contributed by atoms with van der Waals surface area (Å²) >= 11 is 1.54. The van der Waals surface area contributed by atoms with Gasteiger partial charge in [-0.1, -0.05) is 0 Å². The van der Waals surface area contributed by atoms with Crippen molar-refractivity contribution < 1.29 is 19.4 Å². The Labute approximate surface area is 120 Å². The van der Waals surface area contributed by atoms with Crippen LogP contribution in [0.25, 0.3) is 0 Å². The number of carbonyl (C=O) groups is 2. The monoisotopic (exact) mass is 299 g/mol. The standard InChI is InChI=1S/C12H17N3O4S/c1-15(9-7-19-6-8(9)11(16)17)12(18)14-3-2-10-13-4-5-20-10/h4-5,8-9H,2-3,6-7H2,1H3,(H,14,18)(H,16,17). The van der Waals surface area contributed by atoms with Crippen molar-refractivity contribution in [2.75, 3.05) is 26.8 Å². The van der Waals surface area contributed by atoms with Gasteiger partial charge in [-0.3, -0.25) is 4.79 Å². The van der Waals surface area contributed by atoms with Gasteiger partial charge in [0.2, 0.25) is 0 Å². The van der Waals surface area contributed by atoms with Crippen LogP contribution in [0.4, 0.5) is 4.79 Å². The molecular weight excluding hydrogens is 282 g/mol. The molecule has 1 saturated heterocycles. The summed E-state index contributed by atoms with van der Waals surface area (Å²) in [4.78, 5) is 28.6. The van der Waals surface area contributed by atoms with Crippen molar-refractivity contribution >= 4 is 23.3 Å². The number of carboxylic acids is 1. The molecule has 7 nitrogen and oxygen atoms in total. The number of hydrogen-bond acceptors (Lipinski definition) is 5. The molecule has 2 heterocycles. The Balaban J connectivity index is 1.80. The molecule has 1 fully saturated rings. The first-order valence-corrected chi connectivity index (χ1v) is 7.17. The fraction of sp³-hybridized carbons (Fsp3) is 0.583. The number of rotatable bonds is 5. The molecule has 1 aliphatic rings. The summed E-state index contributed by atoms with van der Waals surface area (Å²) in [6.07, 6.45) is 2.39. The quantitative estimate of drug-likeness (QED) is 0.822. The molecule has 2 N–H and O–H groups in total. The smallest absolute Gasteiger partial charge is 0.317 e. The van der Waals surface area contributed by atoms with Crippen molar-refractivity contribution in [2.24, 2.45) is 5.92 Å². The average Bonchev–Trinajstić information content (AvgIpc) is 3.08. The zero-order valence-electron chi connectivity index (χ0n) is 11.1. The number of carboxylic acid groups (broad SMARTS) is 1. The second-order valence-corrected chi connectivity index (χ2v) is 5.55. The lowest BCUT2D eigenvalue weighted by Crippen LogP contribution is -2.48. The predicted octanol–water partition coefficient (Wildman–Crippen LogP) is 0.427. The number of nitrogens with zero attached hydrogens (tertiary/aromatic N) is 2.